The van der Waals surface area contributed by atoms with Crippen LogP contribution in [0.1, 0.15) is 26.6 Å². The molecule has 1 N–H and O–H groups in total. The van der Waals surface area contributed by atoms with Gasteiger partial charge in [0.1, 0.15) is 0 Å². The van der Waals surface area contributed by atoms with Gasteiger partial charge in [-0.2, -0.15) is 0 Å². The van der Waals surface area contributed by atoms with Crippen molar-refractivity contribution in [2.45, 2.75) is 13.3 Å². The van der Waals surface area contributed by atoms with E-state index in [9.17, 15) is 4.79 Å². The minimum Gasteiger partial charge on any atom is -0.296 e. The lowest BCUT2D eigenvalue weighted by Crippen LogP contribution is -2.14. The fourth-order valence-electron chi connectivity index (χ4n) is 2.81. The van der Waals surface area contributed by atoms with Crippen molar-refractivity contribution in [3.05, 3.63) is 86.1 Å². The van der Waals surface area contributed by atoms with Gasteiger partial charge in [0.05, 0.1) is 16.4 Å². The molecular formula is C20H15BrClN5OS. The molecule has 0 spiro atoms. The summed E-state index contributed by atoms with van der Waals surface area (Å²) in [5.41, 5.74) is 2.85. The summed E-state index contributed by atoms with van der Waals surface area (Å²) in [6.45, 7) is 1.81. The van der Waals surface area contributed by atoms with E-state index in [0.717, 1.165) is 20.6 Å². The van der Waals surface area contributed by atoms with Gasteiger partial charge in [0, 0.05) is 22.0 Å². The van der Waals surface area contributed by atoms with E-state index >= 15 is 0 Å². The smallest absolute Gasteiger partial charge is 0.279 e. The number of rotatable bonds is 5. The summed E-state index contributed by atoms with van der Waals surface area (Å²) in [4.78, 5) is 18.0. The molecule has 0 atom stereocenters. The monoisotopic (exact) mass is 487 g/mol. The average Bonchev–Trinajstić information content (AvgIpc) is 3.31. The Bertz CT molecular complexity index is 1170. The second-order valence-electron chi connectivity index (χ2n) is 6.28. The van der Waals surface area contributed by atoms with Crippen LogP contribution in [0.4, 0.5) is 5.13 Å². The lowest BCUT2D eigenvalue weighted by atomic mass is 10.1. The molecule has 0 saturated carbocycles. The highest BCUT2D eigenvalue weighted by atomic mass is 79.9. The minimum atomic E-state index is -0.336. The zero-order valence-electron chi connectivity index (χ0n) is 15.3. The van der Waals surface area contributed by atoms with Crippen LogP contribution in [0.5, 0.6) is 0 Å². The highest BCUT2D eigenvalue weighted by molar-refractivity contribution is 9.10. The maximum absolute atomic E-state index is 12.6. The van der Waals surface area contributed by atoms with Gasteiger partial charge < -0.3 is 0 Å². The van der Waals surface area contributed by atoms with E-state index in [-0.39, 0.29) is 11.6 Å². The largest absolute Gasteiger partial charge is 0.296 e. The Balaban J connectivity index is 1.47. The van der Waals surface area contributed by atoms with Gasteiger partial charge in [0.15, 0.2) is 10.8 Å². The first-order valence-corrected chi connectivity index (χ1v) is 10.7. The molecule has 4 aromatic rings. The van der Waals surface area contributed by atoms with Crippen LogP contribution >= 0.6 is 38.9 Å². The van der Waals surface area contributed by atoms with Crippen LogP contribution in [-0.4, -0.2) is 25.9 Å². The number of aromatic nitrogens is 4. The molecule has 146 valence electrons. The zero-order valence-corrected chi connectivity index (χ0v) is 18.4. The molecule has 1 amide bonds. The number of hydrogen-bond acceptors (Lipinski definition) is 5. The number of thiazole rings is 1. The van der Waals surface area contributed by atoms with Gasteiger partial charge in [-0.3, -0.25) is 10.1 Å². The summed E-state index contributed by atoms with van der Waals surface area (Å²) in [6, 6.07) is 15.4. The predicted molar refractivity (Wildman–Crippen MR) is 118 cm³/mol. The van der Waals surface area contributed by atoms with Crippen molar-refractivity contribution in [2.24, 2.45) is 0 Å². The molecule has 9 heteroatoms. The highest BCUT2D eigenvalue weighted by Gasteiger charge is 2.18. The highest BCUT2D eigenvalue weighted by Crippen LogP contribution is 2.27. The third kappa shape index (κ3) is 4.39. The molecule has 0 radical (unpaired) electrons. The SMILES string of the molecule is Cc1c(C(=O)Nc2ncc(Cc3ccc(Br)c(Cl)c3)s2)nnn1-c1ccccc1. The lowest BCUT2D eigenvalue weighted by Gasteiger charge is -2.03. The van der Waals surface area contributed by atoms with E-state index < -0.39 is 0 Å². The fourth-order valence-corrected chi connectivity index (χ4v) is 4.10. The summed E-state index contributed by atoms with van der Waals surface area (Å²) in [7, 11) is 0. The first-order chi connectivity index (χ1) is 14.0. The van der Waals surface area contributed by atoms with Crippen molar-refractivity contribution < 1.29 is 4.79 Å². The first kappa shape index (κ1) is 19.8. The Kier molecular flexibility index (Phi) is 5.75. The standard InChI is InChI=1S/C20H15BrClN5OS/c1-12-18(25-26-27(12)14-5-3-2-4-6-14)19(28)24-20-23-11-15(29-20)9-13-7-8-16(21)17(22)10-13/h2-8,10-11H,9H2,1H3,(H,23,24,28). The van der Waals surface area contributed by atoms with E-state index in [2.05, 4.69) is 36.5 Å². The van der Waals surface area contributed by atoms with Crippen LogP contribution in [0.25, 0.3) is 5.69 Å². The van der Waals surface area contributed by atoms with Gasteiger partial charge in [0.25, 0.3) is 5.91 Å². The average molecular weight is 489 g/mol. The Morgan fingerprint density at radius 2 is 2.03 bits per heavy atom. The van der Waals surface area contributed by atoms with E-state index in [1.165, 1.54) is 11.3 Å². The van der Waals surface area contributed by atoms with Crippen molar-refractivity contribution in [1.29, 1.82) is 0 Å². The van der Waals surface area contributed by atoms with Crippen LogP contribution in [0.15, 0.2) is 59.2 Å². The zero-order chi connectivity index (χ0) is 20.4. The summed E-state index contributed by atoms with van der Waals surface area (Å²) in [5.74, 6) is -0.336. The third-order valence-electron chi connectivity index (χ3n) is 4.25. The molecule has 2 aromatic carbocycles. The van der Waals surface area contributed by atoms with Gasteiger partial charge in [-0.1, -0.05) is 41.1 Å². The van der Waals surface area contributed by atoms with Crippen LogP contribution in [0, 0.1) is 6.92 Å². The van der Waals surface area contributed by atoms with Gasteiger partial charge in [-0.15, -0.1) is 16.4 Å². The van der Waals surface area contributed by atoms with E-state index in [0.29, 0.717) is 22.3 Å². The molecule has 0 unspecified atom stereocenters. The van der Waals surface area contributed by atoms with Gasteiger partial charge in [-0.25, -0.2) is 9.67 Å². The molecule has 0 bridgehead atoms. The summed E-state index contributed by atoms with van der Waals surface area (Å²) >= 11 is 11.0. The molecule has 0 aliphatic rings. The van der Waals surface area contributed by atoms with E-state index in [1.54, 1.807) is 10.9 Å². The van der Waals surface area contributed by atoms with Crippen molar-refractivity contribution in [3.63, 3.8) is 0 Å². The first-order valence-electron chi connectivity index (χ1n) is 8.69. The number of para-hydroxylation sites is 1. The summed E-state index contributed by atoms with van der Waals surface area (Å²) < 4.78 is 2.50. The molecule has 4 rings (SSSR count). The molecule has 0 aliphatic carbocycles. The molecule has 29 heavy (non-hydrogen) atoms. The summed E-state index contributed by atoms with van der Waals surface area (Å²) in [6.07, 6.45) is 2.44. The maximum Gasteiger partial charge on any atom is 0.279 e. The van der Waals surface area contributed by atoms with Crippen molar-refractivity contribution >= 4 is 49.9 Å². The fraction of sp³-hybridized carbons (Fsp3) is 0.100. The number of hydrogen-bond donors (Lipinski definition) is 1. The molecular weight excluding hydrogens is 474 g/mol. The third-order valence-corrected chi connectivity index (χ3v) is 6.39. The van der Waals surface area contributed by atoms with Crippen LogP contribution in [0.2, 0.25) is 5.02 Å². The summed E-state index contributed by atoms with van der Waals surface area (Å²) in [5, 5.41) is 12.1. The van der Waals surface area contributed by atoms with Gasteiger partial charge >= 0.3 is 0 Å². The van der Waals surface area contributed by atoms with Crippen molar-refractivity contribution in [3.8, 4) is 5.69 Å². The number of nitrogens with zero attached hydrogens (tertiary/aromatic N) is 4. The van der Waals surface area contributed by atoms with Crippen LogP contribution < -0.4 is 5.32 Å². The second-order valence-corrected chi connectivity index (χ2v) is 8.66. The lowest BCUT2D eigenvalue weighted by molar-refractivity contribution is 0.102. The number of carbonyl (C=O) groups is 1. The Morgan fingerprint density at radius 1 is 1.24 bits per heavy atom. The van der Waals surface area contributed by atoms with E-state index in [4.69, 9.17) is 11.6 Å². The Labute approximate surface area is 184 Å². The predicted octanol–water partition coefficient (Wildman–Crippen LogP) is 5.29. The maximum atomic E-state index is 12.6. The van der Waals surface area contributed by atoms with Crippen LogP contribution in [0.3, 0.4) is 0 Å². The Morgan fingerprint density at radius 3 is 2.79 bits per heavy atom. The van der Waals surface area contributed by atoms with Gasteiger partial charge in [0.2, 0.25) is 0 Å². The number of carbonyl (C=O) groups excluding carboxylic acids is 1. The number of amides is 1. The normalized spacial score (nSPS) is 10.9. The second kappa shape index (κ2) is 8.44. The molecule has 2 aromatic heterocycles. The van der Waals surface area contributed by atoms with Crippen molar-refractivity contribution in [2.75, 3.05) is 5.32 Å². The van der Waals surface area contributed by atoms with Crippen LogP contribution in [-0.2, 0) is 6.42 Å². The Hall–Kier alpha value is -2.55. The number of anilines is 1. The number of halogens is 2. The molecule has 6 nitrogen and oxygen atoms in total. The van der Waals surface area contributed by atoms with E-state index in [1.807, 2.05) is 55.5 Å². The number of benzene rings is 2. The quantitative estimate of drug-likeness (QED) is 0.414. The van der Waals surface area contributed by atoms with Crippen molar-refractivity contribution in [1.82, 2.24) is 20.0 Å². The topological polar surface area (TPSA) is 72.7 Å². The number of nitrogens with one attached hydrogen (secondary N) is 1. The molecule has 0 fully saturated rings. The van der Waals surface area contributed by atoms with Gasteiger partial charge in [-0.05, 0) is 52.7 Å². The minimum absolute atomic E-state index is 0.269. The molecule has 2 heterocycles. The molecule has 0 aliphatic heterocycles. The molecule has 0 saturated heterocycles.